The molecule has 1 aromatic carbocycles. The lowest BCUT2D eigenvalue weighted by atomic mass is 10.2. The van der Waals surface area contributed by atoms with E-state index in [1.54, 1.807) is 0 Å². The van der Waals surface area contributed by atoms with Crippen LogP contribution in [0.15, 0.2) is 34.7 Å². The Morgan fingerprint density at radius 3 is 2.88 bits per heavy atom. The quantitative estimate of drug-likeness (QED) is 0.746. The van der Waals surface area contributed by atoms with Crippen molar-refractivity contribution in [2.75, 3.05) is 6.54 Å². The highest BCUT2D eigenvalue weighted by molar-refractivity contribution is 5.77. The molecule has 1 aromatic heterocycles. The Balaban J connectivity index is 1.85. The predicted molar refractivity (Wildman–Crippen MR) is 67.4 cm³/mol. The summed E-state index contributed by atoms with van der Waals surface area (Å²) < 4.78 is 5.71. The fourth-order valence-electron chi connectivity index (χ4n) is 1.84. The molecule has 86 valence electrons. The first-order chi connectivity index (χ1) is 7.90. The van der Waals surface area contributed by atoms with Crippen molar-refractivity contribution in [1.29, 1.82) is 0 Å². The number of fused-ring (bicyclic) bond motifs is 1. The summed E-state index contributed by atoms with van der Waals surface area (Å²) in [5.41, 5.74) is 0.979. The van der Waals surface area contributed by atoms with E-state index in [-0.39, 0.29) is 0 Å². The van der Waals surface area contributed by atoms with Crippen molar-refractivity contribution in [3.8, 4) is 0 Å². The molecule has 0 fully saturated rings. The largest absolute Gasteiger partial charge is 0.460 e. The van der Waals surface area contributed by atoms with Crippen molar-refractivity contribution in [2.24, 2.45) is 0 Å². The van der Waals surface area contributed by atoms with Crippen LogP contribution in [-0.4, -0.2) is 6.54 Å². The highest BCUT2D eigenvalue weighted by Crippen LogP contribution is 2.18. The molecule has 0 aliphatic heterocycles. The van der Waals surface area contributed by atoms with E-state index in [0.29, 0.717) is 0 Å². The minimum absolute atomic E-state index is 0.832. The SMILES string of the molecule is CCCCCNCc1cc2ccccc2o1. The number of rotatable bonds is 6. The number of para-hydroxylation sites is 1. The Morgan fingerprint density at radius 1 is 1.19 bits per heavy atom. The first-order valence-electron chi connectivity index (χ1n) is 6.08. The molecule has 0 aliphatic carbocycles. The van der Waals surface area contributed by atoms with Gasteiger partial charge in [-0.2, -0.15) is 0 Å². The third-order valence-corrected chi connectivity index (χ3v) is 2.73. The molecule has 0 bridgehead atoms. The number of hydrogen-bond donors (Lipinski definition) is 1. The number of furan rings is 1. The lowest BCUT2D eigenvalue weighted by Crippen LogP contribution is -2.13. The molecule has 2 rings (SSSR count). The van der Waals surface area contributed by atoms with Gasteiger partial charge in [-0.1, -0.05) is 38.0 Å². The van der Waals surface area contributed by atoms with Crippen molar-refractivity contribution >= 4 is 11.0 Å². The van der Waals surface area contributed by atoms with Crippen LogP contribution in [0.25, 0.3) is 11.0 Å². The van der Waals surface area contributed by atoms with Gasteiger partial charge in [0.05, 0.1) is 6.54 Å². The topological polar surface area (TPSA) is 25.2 Å². The number of unbranched alkanes of at least 4 members (excludes halogenated alkanes) is 2. The lowest BCUT2D eigenvalue weighted by Gasteiger charge is -2.00. The van der Waals surface area contributed by atoms with Crippen LogP contribution in [0.1, 0.15) is 31.9 Å². The Kier molecular flexibility index (Phi) is 4.00. The van der Waals surface area contributed by atoms with Gasteiger partial charge in [0.25, 0.3) is 0 Å². The summed E-state index contributed by atoms with van der Waals surface area (Å²) in [7, 11) is 0. The van der Waals surface area contributed by atoms with Gasteiger partial charge in [0.1, 0.15) is 11.3 Å². The fourth-order valence-corrected chi connectivity index (χ4v) is 1.84. The summed E-state index contributed by atoms with van der Waals surface area (Å²) in [4.78, 5) is 0. The van der Waals surface area contributed by atoms with E-state index in [9.17, 15) is 0 Å². The third-order valence-electron chi connectivity index (χ3n) is 2.73. The molecule has 16 heavy (non-hydrogen) atoms. The van der Waals surface area contributed by atoms with Crippen molar-refractivity contribution in [3.05, 3.63) is 36.1 Å². The molecule has 1 heterocycles. The summed E-state index contributed by atoms with van der Waals surface area (Å²) in [5, 5.41) is 4.59. The Morgan fingerprint density at radius 2 is 2.06 bits per heavy atom. The zero-order valence-electron chi connectivity index (χ0n) is 9.83. The van der Waals surface area contributed by atoms with E-state index in [4.69, 9.17) is 4.42 Å². The second-order valence-electron chi connectivity index (χ2n) is 4.13. The molecule has 2 nitrogen and oxygen atoms in total. The Labute approximate surface area is 96.6 Å². The third kappa shape index (κ3) is 2.86. The second kappa shape index (κ2) is 5.71. The molecule has 0 spiro atoms. The molecule has 0 saturated heterocycles. The van der Waals surface area contributed by atoms with Gasteiger partial charge in [-0.25, -0.2) is 0 Å². The van der Waals surface area contributed by atoms with Crippen LogP contribution in [-0.2, 0) is 6.54 Å². The summed E-state index contributed by atoms with van der Waals surface area (Å²) in [6, 6.07) is 10.2. The zero-order valence-corrected chi connectivity index (χ0v) is 9.83. The molecule has 0 radical (unpaired) electrons. The van der Waals surface area contributed by atoms with Gasteiger partial charge in [0.2, 0.25) is 0 Å². The minimum Gasteiger partial charge on any atom is -0.460 e. The zero-order chi connectivity index (χ0) is 11.2. The molecular formula is C14H19NO. The van der Waals surface area contributed by atoms with Gasteiger partial charge in [-0.05, 0) is 25.1 Å². The van der Waals surface area contributed by atoms with E-state index < -0.39 is 0 Å². The first-order valence-corrected chi connectivity index (χ1v) is 6.08. The Bertz CT molecular complexity index is 400. The van der Waals surface area contributed by atoms with Crippen molar-refractivity contribution in [2.45, 2.75) is 32.7 Å². The van der Waals surface area contributed by atoms with Crippen LogP contribution in [0.5, 0.6) is 0 Å². The van der Waals surface area contributed by atoms with Gasteiger partial charge in [-0.15, -0.1) is 0 Å². The van der Waals surface area contributed by atoms with Crippen LogP contribution < -0.4 is 5.32 Å². The van der Waals surface area contributed by atoms with Crippen LogP contribution in [0.2, 0.25) is 0 Å². The molecule has 0 aliphatic rings. The van der Waals surface area contributed by atoms with Crippen LogP contribution >= 0.6 is 0 Å². The molecule has 0 amide bonds. The van der Waals surface area contributed by atoms with Crippen LogP contribution in [0, 0.1) is 0 Å². The van der Waals surface area contributed by atoms with Crippen molar-refractivity contribution in [3.63, 3.8) is 0 Å². The molecule has 0 atom stereocenters. The van der Waals surface area contributed by atoms with Crippen molar-refractivity contribution < 1.29 is 4.42 Å². The monoisotopic (exact) mass is 217 g/mol. The second-order valence-corrected chi connectivity index (χ2v) is 4.13. The van der Waals surface area contributed by atoms with Gasteiger partial charge in [-0.3, -0.25) is 0 Å². The van der Waals surface area contributed by atoms with Gasteiger partial charge in [0, 0.05) is 5.39 Å². The smallest absolute Gasteiger partial charge is 0.134 e. The Hall–Kier alpha value is -1.28. The maximum absolute atomic E-state index is 5.71. The molecule has 1 N–H and O–H groups in total. The average Bonchev–Trinajstić information content (AvgIpc) is 2.71. The van der Waals surface area contributed by atoms with E-state index in [1.807, 2.05) is 18.2 Å². The summed E-state index contributed by atoms with van der Waals surface area (Å²) >= 11 is 0. The molecular weight excluding hydrogens is 198 g/mol. The van der Waals surface area contributed by atoms with E-state index >= 15 is 0 Å². The van der Waals surface area contributed by atoms with Gasteiger partial charge < -0.3 is 9.73 Å². The standard InChI is InChI=1S/C14H19NO/c1-2-3-6-9-15-11-13-10-12-7-4-5-8-14(12)16-13/h4-5,7-8,10,15H,2-3,6,9,11H2,1H3. The fraction of sp³-hybridized carbons (Fsp3) is 0.429. The molecule has 0 unspecified atom stereocenters. The number of nitrogens with one attached hydrogen (secondary N) is 1. The lowest BCUT2D eigenvalue weighted by molar-refractivity contribution is 0.506. The molecule has 0 saturated carbocycles. The first kappa shape index (κ1) is 11.2. The highest BCUT2D eigenvalue weighted by Gasteiger charge is 2.01. The summed E-state index contributed by atoms with van der Waals surface area (Å²) in [6.07, 6.45) is 3.82. The van der Waals surface area contributed by atoms with Crippen molar-refractivity contribution in [1.82, 2.24) is 5.32 Å². The minimum atomic E-state index is 0.832. The average molecular weight is 217 g/mol. The van der Waals surface area contributed by atoms with E-state index in [0.717, 1.165) is 24.4 Å². The van der Waals surface area contributed by atoms with Gasteiger partial charge >= 0.3 is 0 Å². The molecule has 2 aromatic rings. The number of benzene rings is 1. The maximum Gasteiger partial charge on any atom is 0.134 e. The normalized spacial score (nSPS) is 11.1. The number of hydrogen-bond acceptors (Lipinski definition) is 2. The summed E-state index contributed by atoms with van der Waals surface area (Å²) in [6.45, 7) is 4.13. The molecule has 2 heteroatoms. The highest BCUT2D eigenvalue weighted by atomic mass is 16.3. The van der Waals surface area contributed by atoms with E-state index in [2.05, 4.69) is 24.4 Å². The predicted octanol–water partition coefficient (Wildman–Crippen LogP) is 3.71. The van der Waals surface area contributed by atoms with Crippen LogP contribution in [0.3, 0.4) is 0 Å². The van der Waals surface area contributed by atoms with E-state index in [1.165, 1.54) is 24.6 Å². The maximum atomic E-state index is 5.71. The van der Waals surface area contributed by atoms with Crippen LogP contribution in [0.4, 0.5) is 0 Å². The van der Waals surface area contributed by atoms with Gasteiger partial charge in [0.15, 0.2) is 0 Å². The summed E-state index contributed by atoms with van der Waals surface area (Å²) in [5.74, 6) is 1.03.